The Morgan fingerprint density at radius 1 is 1.26 bits per heavy atom. The van der Waals surface area contributed by atoms with Gasteiger partial charge in [-0.2, -0.15) is 0 Å². The van der Waals surface area contributed by atoms with Gasteiger partial charge in [-0.3, -0.25) is 4.79 Å². The van der Waals surface area contributed by atoms with Gasteiger partial charge in [0.05, 0.1) is 26.3 Å². The summed E-state index contributed by atoms with van der Waals surface area (Å²) >= 11 is 0. The molecule has 4 heteroatoms. The van der Waals surface area contributed by atoms with Gasteiger partial charge in [-0.15, -0.1) is 0 Å². The van der Waals surface area contributed by atoms with E-state index < -0.39 is 0 Å². The molecule has 2 atom stereocenters. The van der Waals surface area contributed by atoms with E-state index in [-0.39, 0.29) is 12.3 Å². The summed E-state index contributed by atoms with van der Waals surface area (Å²) in [6.45, 7) is -0.00754. The average molecular weight is 261 g/mol. The highest BCUT2D eigenvalue weighted by Gasteiger charge is 2.42. The number of methoxy groups -OCH3 is 2. The van der Waals surface area contributed by atoms with Gasteiger partial charge in [0.25, 0.3) is 0 Å². The highest BCUT2D eigenvalue weighted by Crippen LogP contribution is 2.59. The summed E-state index contributed by atoms with van der Waals surface area (Å²) in [5.74, 6) is 2.51. The number of ketones is 1. The number of hydrogen-bond acceptors (Lipinski definition) is 4. The van der Waals surface area contributed by atoms with E-state index in [2.05, 4.69) is 0 Å². The summed E-state index contributed by atoms with van der Waals surface area (Å²) in [6.07, 6.45) is 3.54. The van der Waals surface area contributed by atoms with Gasteiger partial charge in [0.1, 0.15) is 11.5 Å². The predicted molar refractivity (Wildman–Crippen MR) is 72.3 cm³/mol. The van der Waals surface area contributed by atoms with E-state index in [1.807, 2.05) is 0 Å². The van der Waals surface area contributed by atoms with Crippen LogP contribution in [0.3, 0.4) is 0 Å². The monoisotopic (exact) mass is 261 g/mol. The van der Waals surface area contributed by atoms with Gasteiger partial charge in [-0.1, -0.05) is 0 Å². The third kappa shape index (κ3) is 1.66. The first-order chi connectivity index (χ1) is 9.21. The number of fused-ring (bicyclic) bond motifs is 5. The molecule has 19 heavy (non-hydrogen) atoms. The van der Waals surface area contributed by atoms with E-state index >= 15 is 0 Å². The first kappa shape index (κ1) is 12.5. The predicted octanol–water partition coefficient (Wildman–Crippen LogP) is 2.21. The van der Waals surface area contributed by atoms with Crippen molar-refractivity contribution in [3.05, 3.63) is 22.8 Å². The number of carbonyl (C=O) groups excluding carboxylic acids is 1. The van der Waals surface area contributed by atoms with Crippen LogP contribution in [-0.2, 0) is 0 Å². The number of ether oxygens (including phenoxy) is 2. The van der Waals surface area contributed by atoms with Gasteiger partial charge >= 0.3 is 0 Å². The second-order valence-electron chi connectivity index (χ2n) is 5.32. The summed E-state index contributed by atoms with van der Waals surface area (Å²) in [6, 6.07) is 1.80. The highest BCUT2D eigenvalue weighted by atomic mass is 16.5. The van der Waals surface area contributed by atoms with Gasteiger partial charge in [0.15, 0.2) is 5.78 Å². The van der Waals surface area contributed by atoms with Crippen molar-refractivity contribution in [3.8, 4) is 11.5 Å². The van der Waals surface area contributed by atoms with E-state index in [0.717, 1.165) is 17.9 Å². The summed E-state index contributed by atoms with van der Waals surface area (Å²) < 4.78 is 11.0. The molecule has 2 unspecified atom stereocenters. The quantitative estimate of drug-likeness (QED) is 0.844. The fraction of sp³-hybridized carbons (Fsp3) is 0.533. The van der Waals surface area contributed by atoms with Crippen LogP contribution < -0.4 is 15.2 Å². The second-order valence-corrected chi connectivity index (χ2v) is 5.32. The van der Waals surface area contributed by atoms with Gasteiger partial charge in [0, 0.05) is 11.1 Å². The SMILES string of the molecule is COc1cc(C(=O)CN)c(OC)c2c1C1CCC2C1. The molecule has 0 heterocycles. The molecule has 2 N–H and O–H groups in total. The van der Waals surface area contributed by atoms with Gasteiger partial charge in [0.2, 0.25) is 0 Å². The normalized spacial score (nSPS) is 23.3. The zero-order valence-corrected chi connectivity index (χ0v) is 11.4. The maximum Gasteiger partial charge on any atom is 0.180 e. The van der Waals surface area contributed by atoms with Crippen molar-refractivity contribution in [1.82, 2.24) is 0 Å². The van der Waals surface area contributed by atoms with Crippen molar-refractivity contribution < 1.29 is 14.3 Å². The molecule has 1 saturated carbocycles. The smallest absolute Gasteiger partial charge is 0.180 e. The minimum absolute atomic E-state index is 0.00754. The molecule has 2 bridgehead atoms. The van der Waals surface area contributed by atoms with Crippen molar-refractivity contribution in [2.45, 2.75) is 31.1 Å². The lowest BCUT2D eigenvalue weighted by molar-refractivity contribution is 0.0998. The van der Waals surface area contributed by atoms with E-state index in [4.69, 9.17) is 15.2 Å². The zero-order valence-electron chi connectivity index (χ0n) is 11.4. The Morgan fingerprint density at radius 2 is 1.95 bits per heavy atom. The second kappa shape index (κ2) is 4.53. The van der Waals surface area contributed by atoms with Crippen LogP contribution >= 0.6 is 0 Å². The van der Waals surface area contributed by atoms with Crippen LogP contribution in [0.25, 0.3) is 0 Å². The van der Waals surface area contributed by atoms with Crippen LogP contribution in [0.15, 0.2) is 6.07 Å². The number of carbonyl (C=O) groups is 1. The van der Waals surface area contributed by atoms with E-state index in [1.54, 1.807) is 20.3 Å². The minimum atomic E-state index is -0.0966. The zero-order chi connectivity index (χ0) is 13.6. The fourth-order valence-electron chi connectivity index (χ4n) is 3.71. The van der Waals surface area contributed by atoms with Crippen molar-refractivity contribution >= 4 is 5.78 Å². The number of nitrogens with two attached hydrogens (primary N) is 1. The van der Waals surface area contributed by atoms with Crippen LogP contribution in [-0.4, -0.2) is 26.5 Å². The van der Waals surface area contributed by atoms with Crippen LogP contribution in [0.5, 0.6) is 11.5 Å². The molecule has 1 fully saturated rings. The fourth-order valence-corrected chi connectivity index (χ4v) is 3.71. The lowest BCUT2D eigenvalue weighted by Gasteiger charge is -2.23. The molecule has 2 aliphatic carbocycles. The molecule has 0 aromatic heterocycles. The molecule has 0 aliphatic heterocycles. The molecule has 0 saturated heterocycles. The topological polar surface area (TPSA) is 61.5 Å². The first-order valence-electron chi connectivity index (χ1n) is 6.73. The number of Topliss-reactive ketones (excluding diaryl/α,β-unsaturated/α-hetero) is 1. The van der Waals surface area contributed by atoms with Crippen molar-refractivity contribution in [3.63, 3.8) is 0 Å². The molecule has 3 rings (SSSR count). The summed E-state index contributed by atoms with van der Waals surface area (Å²) in [5.41, 5.74) is 8.50. The Balaban J connectivity index is 2.25. The van der Waals surface area contributed by atoms with Crippen molar-refractivity contribution in [2.75, 3.05) is 20.8 Å². The molecule has 1 aromatic rings. The van der Waals surface area contributed by atoms with Crippen molar-refractivity contribution in [2.24, 2.45) is 5.73 Å². The molecule has 0 amide bonds. The molecule has 1 aromatic carbocycles. The molecule has 0 spiro atoms. The first-order valence-corrected chi connectivity index (χ1v) is 6.73. The van der Waals surface area contributed by atoms with E-state index in [9.17, 15) is 4.79 Å². The standard InChI is InChI=1S/C15H19NO3/c1-18-12-6-10(11(17)7-16)15(19-2)14-9-4-3-8(5-9)13(12)14/h6,8-9H,3-5,7,16H2,1-2H3. The maximum atomic E-state index is 12.0. The molecular formula is C15H19NO3. The van der Waals surface area contributed by atoms with Crippen LogP contribution in [0.2, 0.25) is 0 Å². The Hall–Kier alpha value is -1.55. The van der Waals surface area contributed by atoms with Crippen molar-refractivity contribution in [1.29, 1.82) is 0 Å². The summed E-state index contributed by atoms with van der Waals surface area (Å²) in [4.78, 5) is 12.0. The molecular weight excluding hydrogens is 242 g/mol. The number of rotatable bonds is 4. The van der Waals surface area contributed by atoms with Crippen LogP contribution in [0, 0.1) is 0 Å². The lowest BCUT2D eigenvalue weighted by atomic mass is 9.87. The molecule has 2 aliphatic rings. The van der Waals surface area contributed by atoms with Gasteiger partial charge in [-0.05, 0) is 37.2 Å². The molecule has 0 radical (unpaired) electrons. The Labute approximate surface area is 112 Å². The van der Waals surface area contributed by atoms with Gasteiger partial charge in [-0.25, -0.2) is 0 Å². The number of hydrogen-bond donors (Lipinski definition) is 1. The summed E-state index contributed by atoms with van der Waals surface area (Å²) in [5, 5.41) is 0. The van der Waals surface area contributed by atoms with E-state index in [0.29, 0.717) is 17.4 Å². The average Bonchev–Trinajstić information content (AvgIpc) is 3.06. The molecule has 4 nitrogen and oxygen atoms in total. The molecule has 102 valence electrons. The Morgan fingerprint density at radius 3 is 2.53 bits per heavy atom. The van der Waals surface area contributed by atoms with Crippen LogP contribution in [0.1, 0.15) is 52.6 Å². The van der Waals surface area contributed by atoms with Gasteiger partial charge < -0.3 is 15.2 Å². The highest BCUT2D eigenvalue weighted by molar-refractivity contribution is 6.01. The number of benzene rings is 1. The Kier molecular flexibility index (Phi) is 2.97. The summed E-state index contributed by atoms with van der Waals surface area (Å²) in [7, 11) is 3.28. The van der Waals surface area contributed by atoms with E-state index in [1.165, 1.54) is 24.0 Å². The largest absolute Gasteiger partial charge is 0.496 e. The Bertz CT molecular complexity index is 539. The third-order valence-corrected chi connectivity index (χ3v) is 4.48. The minimum Gasteiger partial charge on any atom is -0.496 e. The maximum absolute atomic E-state index is 12.0. The third-order valence-electron chi connectivity index (χ3n) is 4.48. The lowest BCUT2D eigenvalue weighted by Crippen LogP contribution is -2.16. The van der Waals surface area contributed by atoms with Crippen LogP contribution in [0.4, 0.5) is 0 Å².